The minimum absolute atomic E-state index is 0.0991. The lowest BCUT2D eigenvalue weighted by molar-refractivity contribution is -0.122. The van der Waals surface area contributed by atoms with Crippen LogP contribution in [0.15, 0.2) is 0 Å². The van der Waals surface area contributed by atoms with Gasteiger partial charge in [0.15, 0.2) is 0 Å². The van der Waals surface area contributed by atoms with Crippen LogP contribution in [0.5, 0.6) is 0 Å². The monoisotopic (exact) mass is 222 g/mol. The van der Waals surface area contributed by atoms with Crippen LogP contribution < -0.4 is 10.6 Å². The van der Waals surface area contributed by atoms with Crippen molar-refractivity contribution in [3.8, 4) is 12.3 Å². The lowest BCUT2D eigenvalue weighted by Gasteiger charge is -2.22. The molecule has 0 saturated carbocycles. The number of nitrogens with one attached hydrogen (secondary N) is 2. The molecule has 0 aromatic carbocycles. The summed E-state index contributed by atoms with van der Waals surface area (Å²) in [4.78, 5) is 11.6. The molecule has 2 atom stereocenters. The highest BCUT2D eigenvalue weighted by Crippen LogP contribution is 2.15. The second kappa shape index (κ2) is 7.29. The van der Waals surface area contributed by atoms with Gasteiger partial charge in [0.1, 0.15) is 0 Å². The number of hydrogen-bond donors (Lipinski definition) is 2. The van der Waals surface area contributed by atoms with Crippen LogP contribution >= 0.6 is 0 Å². The molecule has 0 bridgehead atoms. The molecule has 0 spiro atoms. The summed E-state index contributed by atoms with van der Waals surface area (Å²) < 4.78 is 0. The molecule has 90 valence electrons. The second-order valence-electron chi connectivity index (χ2n) is 4.63. The minimum Gasteiger partial charge on any atom is -0.353 e. The van der Waals surface area contributed by atoms with Gasteiger partial charge in [0.05, 0.1) is 0 Å². The van der Waals surface area contributed by atoms with Crippen LogP contribution in [-0.2, 0) is 4.79 Å². The molecule has 1 heterocycles. The summed E-state index contributed by atoms with van der Waals surface area (Å²) in [5, 5.41) is 6.28. The summed E-state index contributed by atoms with van der Waals surface area (Å²) in [7, 11) is 0. The highest BCUT2D eigenvalue weighted by atomic mass is 16.1. The molecule has 3 heteroatoms. The van der Waals surface area contributed by atoms with Gasteiger partial charge in [-0.25, -0.2) is 0 Å². The number of terminal acetylenes is 1. The van der Waals surface area contributed by atoms with Crippen molar-refractivity contribution in [2.75, 3.05) is 13.1 Å². The standard InChI is InChI=1S/C13H22N2O/c1-3-5-11(2)15-13(16)8-7-12-6-4-9-14-10-12/h1,11-12,14H,4-10H2,2H3,(H,15,16). The first-order valence-corrected chi connectivity index (χ1v) is 6.16. The van der Waals surface area contributed by atoms with E-state index in [1.54, 1.807) is 0 Å². The zero-order valence-electron chi connectivity index (χ0n) is 10.1. The largest absolute Gasteiger partial charge is 0.353 e. The molecule has 16 heavy (non-hydrogen) atoms. The molecule has 0 aliphatic carbocycles. The first kappa shape index (κ1) is 13.1. The molecule has 0 aromatic heterocycles. The second-order valence-corrected chi connectivity index (χ2v) is 4.63. The molecule has 2 unspecified atom stereocenters. The van der Waals surface area contributed by atoms with E-state index in [0.717, 1.165) is 19.5 Å². The van der Waals surface area contributed by atoms with Crippen LogP contribution in [0.4, 0.5) is 0 Å². The Labute approximate surface area is 98.4 Å². The average Bonchev–Trinajstić information content (AvgIpc) is 2.28. The molecule has 1 rings (SSSR count). The fourth-order valence-corrected chi connectivity index (χ4v) is 2.08. The summed E-state index contributed by atoms with van der Waals surface area (Å²) in [5.74, 6) is 3.36. The van der Waals surface area contributed by atoms with Gasteiger partial charge in [-0.1, -0.05) is 0 Å². The smallest absolute Gasteiger partial charge is 0.220 e. The van der Waals surface area contributed by atoms with Gasteiger partial charge < -0.3 is 10.6 Å². The fraction of sp³-hybridized carbons (Fsp3) is 0.769. The van der Waals surface area contributed by atoms with Gasteiger partial charge in [0.2, 0.25) is 5.91 Å². The minimum atomic E-state index is 0.0991. The number of carbonyl (C=O) groups excluding carboxylic acids is 1. The van der Waals surface area contributed by atoms with E-state index in [-0.39, 0.29) is 11.9 Å². The van der Waals surface area contributed by atoms with E-state index in [2.05, 4.69) is 16.6 Å². The van der Waals surface area contributed by atoms with Crippen LogP contribution in [0.2, 0.25) is 0 Å². The SMILES string of the molecule is C#CCC(C)NC(=O)CCC1CCCNC1. The molecule has 1 aliphatic heterocycles. The number of piperidine rings is 1. The van der Waals surface area contributed by atoms with Crippen molar-refractivity contribution < 1.29 is 4.79 Å². The van der Waals surface area contributed by atoms with Crippen LogP contribution in [0, 0.1) is 18.3 Å². The zero-order chi connectivity index (χ0) is 11.8. The number of rotatable bonds is 5. The molecule has 1 aliphatic rings. The third-order valence-corrected chi connectivity index (χ3v) is 3.01. The molecular formula is C13H22N2O. The Morgan fingerprint density at radius 3 is 3.12 bits per heavy atom. The predicted octanol–water partition coefficient (Wildman–Crippen LogP) is 1.29. The summed E-state index contributed by atoms with van der Waals surface area (Å²) in [6.07, 6.45) is 9.89. The highest BCUT2D eigenvalue weighted by Gasteiger charge is 2.14. The molecule has 1 amide bonds. The van der Waals surface area contributed by atoms with E-state index in [1.165, 1.54) is 12.8 Å². The number of amides is 1. The first-order chi connectivity index (χ1) is 7.72. The first-order valence-electron chi connectivity index (χ1n) is 6.16. The van der Waals surface area contributed by atoms with Crippen molar-refractivity contribution >= 4 is 5.91 Å². The summed E-state index contributed by atoms with van der Waals surface area (Å²) in [6, 6.07) is 0.0991. The zero-order valence-corrected chi connectivity index (χ0v) is 10.1. The van der Waals surface area contributed by atoms with Crippen molar-refractivity contribution in [2.24, 2.45) is 5.92 Å². The van der Waals surface area contributed by atoms with Crippen molar-refractivity contribution in [1.82, 2.24) is 10.6 Å². The van der Waals surface area contributed by atoms with Gasteiger partial charge in [-0.3, -0.25) is 4.79 Å². The van der Waals surface area contributed by atoms with Crippen molar-refractivity contribution in [3.63, 3.8) is 0 Å². The molecule has 3 nitrogen and oxygen atoms in total. The van der Waals surface area contributed by atoms with E-state index in [1.807, 2.05) is 6.92 Å². The van der Waals surface area contributed by atoms with Crippen molar-refractivity contribution in [1.29, 1.82) is 0 Å². The normalized spacial score (nSPS) is 22.1. The Morgan fingerprint density at radius 1 is 1.69 bits per heavy atom. The molecule has 1 saturated heterocycles. The Balaban J connectivity index is 2.12. The maximum atomic E-state index is 11.6. The van der Waals surface area contributed by atoms with Gasteiger partial charge in [0.25, 0.3) is 0 Å². The highest BCUT2D eigenvalue weighted by molar-refractivity contribution is 5.76. The molecule has 0 radical (unpaired) electrons. The van der Waals surface area contributed by atoms with E-state index in [4.69, 9.17) is 6.42 Å². The Hall–Kier alpha value is -1.01. The maximum absolute atomic E-state index is 11.6. The van der Waals surface area contributed by atoms with E-state index < -0.39 is 0 Å². The summed E-state index contributed by atoms with van der Waals surface area (Å²) in [6.45, 7) is 4.13. The lowest BCUT2D eigenvalue weighted by atomic mass is 9.94. The van der Waals surface area contributed by atoms with Gasteiger partial charge in [0, 0.05) is 18.9 Å². The number of hydrogen-bond acceptors (Lipinski definition) is 2. The summed E-state index contributed by atoms with van der Waals surface area (Å²) in [5.41, 5.74) is 0. The van der Waals surface area contributed by atoms with E-state index in [9.17, 15) is 4.79 Å². The maximum Gasteiger partial charge on any atom is 0.220 e. The van der Waals surface area contributed by atoms with Crippen LogP contribution in [0.1, 0.15) is 39.0 Å². The van der Waals surface area contributed by atoms with Crippen LogP contribution in [0.3, 0.4) is 0 Å². The van der Waals surface area contributed by atoms with Gasteiger partial charge >= 0.3 is 0 Å². The van der Waals surface area contributed by atoms with Gasteiger partial charge in [-0.2, -0.15) is 0 Å². The van der Waals surface area contributed by atoms with E-state index in [0.29, 0.717) is 18.8 Å². The molecule has 2 N–H and O–H groups in total. The lowest BCUT2D eigenvalue weighted by Crippen LogP contribution is -2.34. The van der Waals surface area contributed by atoms with Crippen molar-refractivity contribution in [3.05, 3.63) is 0 Å². The van der Waals surface area contributed by atoms with Crippen LogP contribution in [-0.4, -0.2) is 25.0 Å². The third kappa shape index (κ3) is 5.18. The summed E-state index contributed by atoms with van der Waals surface area (Å²) >= 11 is 0. The fourth-order valence-electron chi connectivity index (χ4n) is 2.08. The Kier molecular flexibility index (Phi) is 5.95. The topological polar surface area (TPSA) is 41.1 Å². The van der Waals surface area contributed by atoms with Crippen molar-refractivity contribution in [2.45, 2.75) is 45.1 Å². The molecule has 0 aromatic rings. The van der Waals surface area contributed by atoms with Crippen LogP contribution in [0.25, 0.3) is 0 Å². The molecular weight excluding hydrogens is 200 g/mol. The average molecular weight is 222 g/mol. The van der Waals surface area contributed by atoms with Gasteiger partial charge in [-0.15, -0.1) is 12.3 Å². The van der Waals surface area contributed by atoms with E-state index >= 15 is 0 Å². The van der Waals surface area contributed by atoms with Gasteiger partial charge in [-0.05, 0) is 45.2 Å². The molecule has 1 fully saturated rings. The quantitative estimate of drug-likeness (QED) is 0.688. The third-order valence-electron chi connectivity index (χ3n) is 3.01. The predicted molar refractivity (Wildman–Crippen MR) is 65.9 cm³/mol. The number of carbonyl (C=O) groups is 1. The Bertz CT molecular complexity index is 251. The Morgan fingerprint density at radius 2 is 2.50 bits per heavy atom.